The first kappa shape index (κ1) is 8.23. The van der Waals surface area contributed by atoms with E-state index in [9.17, 15) is 10.1 Å². The molecule has 1 aliphatic carbocycles. The summed E-state index contributed by atoms with van der Waals surface area (Å²) in [6.07, 6.45) is 1.61. The third kappa shape index (κ3) is 1.86. The second-order valence-corrected chi connectivity index (χ2v) is 3.54. The lowest BCUT2D eigenvalue weighted by Gasteiger charge is -1.96. The Hall–Kier alpha value is -1.38. The SMILES string of the molecule is O=[N+]([O-])C1CC1Cc1ccccc1. The van der Waals surface area contributed by atoms with E-state index >= 15 is 0 Å². The summed E-state index contributed by atoms with van der Waals surface area (Å²) in [7, 11) is 0. The van der Waals surface area contributed by atoms with Crippen LogP contribution < -0.4 is 0 Å². The first-order valence-electron chi connectivity index (χ1n) is 4.45. The predicted molar refractivity (Wildman–Crippen MR) is 49.0 cm³/mol. The zero-order valence-electron chi connectivity index (χ0n) is 7.22. The summed E-state index contributed by atoms with van der Waals surface area (Å²) in [6.45, 7) is 0. The summed E-state index contributed by atoms with van der Waals surface area (Å²) in [5, 5.41) is 10.4. The number of rotatable bonds is 3. The Morgan fingerprint density at radius 1 is 1.38 bits per heavy atom. The van der Waals surface area contributed by atoms with Crippen LogP contribution in [0.15, 0.2) is 30.3 Å². The van der Waals surface area contributed by atoms with Gasteiger partial charge in [0.2, 0.25) is 6.04 Å². The van der Waals surface area contributed by atoms with E-state index in [0.717, 1.165) is 12.8 Å². The summed E-state index contributed by atoms with van der Waals surface area (Å²) in [5.41, 5.74) is 1.21. The van der Waals surface area contributed by atoms with Gasteiger partial charge in [-0.2, -0.15) is 0 Å². The van der Waals surface area contributed by atoms with Crippen LogP contribution in [0.25, 0.3) is 0 Å². The molecular weight excluding hydrogens is 166 g/mol. The third-order valence-corrected chi connectivity index (χ3v) is 2.50. The molecular formula is C10H11NO2. The molecule has 1 aromatic carbocycles. The van der Waals surface area contributed by atoms with E-state index < -0.39 is 0 Å². The maximum absolute atomic E-state index is 10.4. The molecule has 0 aromatic heterocycles. The average Bonchev–Trinajstić information content (AvgIpc) is 2.86. The van der Waals surface area contributed by atoms with Crippen LogP contribution >= 0.6 is 0 Å². The fourth-order valence-electron chi connectivity index (χ4n) is 1.63. The molecule has 0 saturated heterocycles. The standard InChI is InChI=1S/C10H11NO2/c12-11(13)10-7-9(10)6-8-4-2-1-3-5-8/h1-5,9-10H,6-7H2. The van der Waals surface area contributed by atoms with E-state index in [-0.39, 0.29) is 16.9 Å². The topological polar surface area (TPSA) is 43.1 Å². The van der Waals surface area contributed by atoms with E-state index in [4.69, 9.17) is 0 Å². The zero-order chi connectivity index (χ0) is 9.26. The van der Waals surface area contributed by atoms with Gasteiger partial charge in [0.25, 0.3) is 0 Å². The number of hydrogen-bond donors (Lipinski definition) is 0. The molecule has 1 fully saturated rings. The Bertz CT molecular complexity index is 310. The molecule has 2 unspecified atom stereocenters. The summed E-state index contributed by atoms with van der Waals surface area (Å²) >= 11 is 0. The van der Waals surface area contributed by atoms with Crippen molar-refractivity contribution in [2.45, 2.75) is 18.9 Å². The second kappa shape index (κ2) is 3.17. The van der Waals surface area contributed by atoms with Crippen LogP contribution in [0.2, 0.25) is 0 Å². The normalized spacial score (nSPS) is 25.5. The summed E-state index contributed by atoms with van der Waals surface area (Å²) in [4.78, 5) is 10.2. The summed E-state index contributed by atoms with van der Waals surface area (Å²) in [5.74, 6) is 0.275. The Balaban J connectivity index is 1.92. The van der Waals surface area contributed by atoms with Gasteiger partial charge in [-0.1, -0.05) is 30.3 Å². The largest absolute Gasteiger partial charge is 0.264 e. The van der Waals surface area contributed by atoms with Crippen LogP contribution in [-0.2, 0) is 6.42 Å². The van der Waals surface area contributed by atoms with Crippen molar-refractivity contribution in [1.29, 1.82) is 0 Å². The van der Waals surface area contributed by atoms with E-state index in [1.807, 2.05) is 30.3 Å². The Morgan fingerprint density at radius 2 is 2.08 bits per heavy atom. The maximum Gasteiger partial charge on any atom is 0.217 e. The minimum atomic E-state index is -0.278. The number of nitro groups is 1. The molecule has 0 amide bonds. The molecule has 1 aliphatic rings. The van der Waals surface area contributed by atoms with Crippen molar-refractivity contribution in [3.8, 4) is 0 Å². The molecule has 0 heterocycles. The highest BCUT2D eigenvalue weighted by atomic mass is 16.6. The molecule has 0 aliphatic heterocycles. The fraction of sp³-hybridized carbons (Fsp3) is 0.400. The zero-order valence-corrected chi connectivity index (χ0v) is 7.22. The molecule has 0 bridgehead atoms. The summed E-state index contributed by atoms with van der Waals surface area (Å²) < 4.78 is 0. The van der Waals surface area contributed by atoms with E-state index in [0.29, 0.717) is 0 Å². The van der Waals surface area contributed by atoms with Gasteiger partial charge in [-0.15, -0.1) is 0 Å². The molecule has 2 rings (SSSR count). The average molecular weight is 177 g/mol. The molecule has 13 heavy (non-hydrogen) atoms. The van der Waals surface area contributed by atoms with Crippen molar-refractivity contribution in [3.63, 3.8) is 0 Å². The van der Waals surface area contributed by atoms with Gasteiger partial charge < -0.3 is 0 Å². The van der Waals surface area contributed by atoms with Gasteiger partial charge in [0.05, 0.1) is 0 Å². The molecule has 0 N–H and O–H groups in total. The highest BCUT2D eigenvalue weighted by Crippen LogP contribution is 2.35. The molecule has 1 aromatic rings. The van der Waals surface area contributed by atoms with E-state index in [2.05, 4.69) is 0 Å². The molecule has 2 atom stereocenters. The van der Waals surface area contributed by atoms with Crippen LogP contribution in [0.3, 0.4) is 0 Å². The molecule has 68 valence electrons. The lowest BCUT2D eigenvalue weighted by Crippen LogP contribution is -2.04. The van der Waals surface area contributed by atoms with Crippen molar-refractivity contribution in [1.82, 2.24) is 0 Å². The number of benzene rings is 1. The van der Waals surface area contributed by atoms with Crippen LogP contribution in [-0.4, -0.2) is 11.0 Å². The van der Waals surface area contributed by atoms with E-state index in [1.165, 1.54) is 5.56 Å². The van der Waals surface area contributed by atoms with Crippen molar-refractivity contribution < 1.29 is 4.92 Å². The number of hydrogen-bond acceptors (Lipinski definition) is 2. The predicted octanol–water partition coefficient (Wildman–Crippen LogP) is 1.89. The molecule has 3 nitrogen and oxygen atoms in total. The van der Waals surface area contributed by atoms with Gasteiger partial charge >= 0.3 is 0 Å². The maximum atomic E-state index is 10.4. The Labute approximate surface area is 76.5 Å². The third-order valence-electron chi connectivity index (χ3n) is 2.50. The van der Waals surface area contributed by atoms with Gasteiger partial charge in [0.15, 0.2) is 0 Å². The fourth-order valence-corrected chi connectivity index (χ4v) is 1.63. The van der Waals surface area contributed by atoms with Crippen molar-refractivity contribution in [3.05, 3.63) is 46.0 Å². The minimum Gasteiger partial charge on any atom is -0.264 e. The quantitative estimate of drug-likeness (QED) is 0.522. The van der Waals surface area contributed by atoms with Crippen LogP contribution in [0.5, 0.6) is 0 Å². The lowest BCUT2D eigenvalue weighted by molar-refractivity contribution is -0.498. The van der Waals surface area contributed by atoms with Crippen molar-refractivity contribution in [2.24, 2.45) is 5.92 Å². The van der Waals surface area contributed by atoms with Gasteiger partial charge in [0, 0.05) is 17.3 Å². The molecule has 3 heteroatoms. The van der Waals surface area contributed by atoms with Gasteiger partial charge in [0.1, 0.15) is 0 Å². The smallest absolute Gasteiger partial charge is 0.217 e. The lowest BCUT2D eigenvalue weighted by atomic mass is 10.1. The van der Waals surface area contributed by atoms with Gasteiger partial charge in [-0.3, -0.25) is 10.1 Å². The minimum absolute atomic E-state index is 0.159. The molecule has 0 spiro atoms. The summed E-state index contributed by atoms with van der Waals surface area (Å²) in [6, 6.07) is 9.67. The van der Waals surface area contributed by atoms with Crippen molar-refractivity contribution >= 4 is 0 Å². The Morgan fingerprint density at radius 3 is 2.62 bits per heavy atom. The first-order valence-corrected chi connectivity index (χ1v) is 4.45. The highest BCUT2D eigenvalue weighted by Gasteiger charge is 2.47. The molecule has 1 saturated carbocycles. The van der Waals surface area contributed by atoms with Crippen molar-refractivity contribution in [2.75, 3.05) is 0 Å². The van der Waals surface area contributed by atoms with Crippen LogP contribution in [0.4, 0.5) is 0 Å². The number of nitrogens with zero attached hydrogens (tertiary/aromatic N) is 1. The first-order chi connectivity index (χ1) is 6.27. The second-order valence-electron chi connectivity index (χ2n) is 3.54. The molecule has 0 radical (unpaired) electrons. The van der Waals surface area contributed by atoms with Crippen LogP contribution in [0, 0.1) is 16.0 Å². The van der Waals surface area contributed by atoms with E-state index in [1.54, 1.807) is 0 Å². The highest BCUT2D eigenvalue weighted by molar-refractivity contribution is 5.16. The monoisotopic (exact) mass is 177 g/mol. The van der Waals surface area contributed by atoms with Crippen LogP contribution in [0.1, 0.15) is 12.0 Å². The van der Waals surface area contributed by atoms with Gasteiger partial charge in [-0.05, 0) is 12.0 Å². The Kier molecular flexibility index (Phi) is 2.00. The van der Waals surface area contributed by atoms with Gasteiger partial charge in [-0.25, -0.2) is 0 Å².